The second-order valence-corrected chi connectivity index (χ2v) is 3.28. The topological polar surface area (TPSA) is 92.4 Å². The number of aromatic carboxylic acids is 1. The maximum absolute atomic E-state index is 11.5. The maximum atomic E-state index is 11.5. The molecule has 1 rings (SSSR count). The smallest absolute Gasteiger partial charge is 0.335 e. The number of rotatable bonds is 5. The molecule has 1 aromatic rings. The van der Waals surface area contributed by atoms with Crippen molar-refractivity contribution >= 4 is 11.9 Å². The molecule has 0 saturated heterocycles. The van der Waals surface area contributed by atoms with Crippen LogP contribution >= 0.6 is 0 Å². The van der Waals surface area contributed by atoms with E-state index in [0.29, 0.717) is 18.7 Å². The number of carboxylic acids is 1. The van der Waals surface area contributed by atoms with Gasteiger partial charge < -0.3 is 16.2 Å². The molecule has 0 fully saturated rings. The third-order valence-corrected chi connectivity index (χ3v) is 2.06. The highest BCUT2D eigenvalue weighted by Gasteiger charge is 2.06. The second kappa shape index (κ2) is 5.87. The van der Waals surface area contributed by atoms with E-state index in [1.54, 1.807) is 0 Å². The van der Waals surface area contributed by atoms with Gasteiger partial charge >= 0.3 is 5.97 Å². The molecule has 0 bridgehead atoms. The van der Waals surface area contributed by atoms with Gasteiger partial charge in [-0.1, -0.05) is 0 Å². The van der Waals surface area contributed by atoms with Gasteiger partial charge in [-0.3, -0.25) is 4.79 Å². The third kappa shape index (κ3) is 3.36. The Kier molecular flexibility index (Phi) is 4.47. The zero-order chi connectivity index (χ0) is 12.0. The number of nitrogens with two attached hydrogens (primary N) is 1. The summed E-state index contributed by atoms with van der Waals surface area (Å²) < 4.78 is 0. The van der Waals surface area contributed by atoms with Crippen LogP contribution < -0.4 is 11.1 Å². The minimum Gasteiger partial charge on any atom is -0.478 e. The van der Waals surface area contributed by atoms with Crippen LogP contribution in [0.15, 0.2) is 24.3 Å². The number of hydrogen-bond donors (Lipinski definition) is 3. The fourth-order valence-electron chi connectivity index (χ4n) is 1.17. The predicted octanol–water partition coefficient (Wildman–Crippen LogP) is 0.463. The van der Waals surface area contributed by atoms with Crippen molar-refractivity contribution in [2.24, 2.45) is 5.73 Å². The molecule has 0 aliphatic carbocycles. The van der Waals surface area contributed by atoms with Gasteiger partial charge in [0.25, 0.3) is 5.91 Å². The van der Waals surface area contributed by atoms with E-state index in [4.69, 9.17) is 10.8 Å². The predicted molar refractivity (Wildman–Crippen MR) is 59.4 cm³/mol. The molecule has 5 nitrogen and oxygen atoms in total. The zero-order valence-corrected chi connectivity index (χ0v) is 8.77. The highest BCUT2D eigenvalue weighted by atomic mass is 16.4. The summed E-state index contributed by atoms with van der Waals surface area (Å²) in [6, 6.07) is 5.78. The Morgan fingerprint density at radius 2 is 1.75 bits per heavy atom. The van der Waals surface area contributed by atoms with E-state index in [1.165, 1.54) is 24.3 Å². The molecular weight excluding hydrogens is 208 g/mol. The Hall–Kier alpha value is -1.88. The lowest BCUT2D eigenvalue weighted by molar-refractivity contribution is 0.0696. The summed E-state index contributed by atoms with van der Waals surface area (Å²) in [6.45, 7) is 1.05. The van der Waals surface area contributed by atoms with Crippen molar-refractivity contribution in [3.05, 3.63) is 35.4 Å². The number of amides is 1. The van der Waals surface area contributed by atoms with Crippen LogP contribution in [-0.2, 0) is 0 Å². The van der Waals surface area contributed by atoms with Gasteiger partial charge in [-0.25, -0.2) is 4.79 Å². The number of carbonyl (C=O) groups is 2. The number of carboxylic acid groups (broad SMARTS) is 1. The lowest BCUT2D eigenvalue weighted by atomic mass is 10.1. The van der Waals surface area contributed by atoms with Crippen molar-refractivity contribution in [2.75, 3.05) is 13.1 Å². The molecule has 0 unspecified atom stereocenters. The number of hydrogen-bond acceptors (Lipinski definition) is 3. The van der Waals surface area contributed by atoms with Crippen molar-refractivity contribution in [1.29, 1.82) is 0 Å². The highest BCUT2D eigenvalue weighted by Crippen LogP contribution is 2.04. The molecular formula is C11H14N2O3. The Labute approximate surface area is 93.3 Å². The number of benzene rings is 1. The summed E-state index contributed by atoms with van der Waals surface area (Å²) in [7, 11) is 0. The quantitative estimate of drug-likeness (QED) is 0.631. The van der Waals surface area contributed by atoms with Crippen LogP contribution in [0.25, 0.3) is 0 Å². The highest BCUT2D eigenvalue weighted by molar-refractivity contribution is 5.95. The number of carbonyl (C=O) groups excluding carboxylic acids is 1. The van der Waals surface area contributed by atoms with E-state index in [-0.39, 0.29) is 11.5 Å². The van der Waals surface area contributed by atoms with Crippen LogP contribution in [0.1, 0.15) is 27.1 Å². The molecule has 0 spiro atoms. The van der Waals surface area contributed by atoms with Crippen molar-refractivity contribution in [2.45, 2.75) is 6.42 Å². The van der Waals surface area contributed by atoms with E-state index in [1.807, 2.05) is 0 Å². The molecule has 4 N–H and O–H groups in total. The lowest BCUT2D eigenvalue weighted by Crippen LogP contribution is -2.25. The Morgan fingerprint density at radius 1 is 1.19 bits per heavy atom. The molecule has 0 aromatic heterocycles. The van der Waals surface area contributed by atoms with Crippen molar-refractivity contribution < 1.29 is 14.7 Å². The van der Waals surface area contributed by atoms with E-state index < -0.39 is 5.97 Å². The van der Waals surface area contributed by atoms with Gasteiger partial charge in [-0.15, -0.1) is 0 Å². The largest absolute Gasteiger partial charge is 0.478 e. The monoisotopic (exact) mass is 222 g/mol. The fourth-order valence-corrected chi connectivity index (χ4v) is 1.17. The SMILES string of the molecule is NCCCNC(=O)c1ccc(C(=O)O)cc1. The van der Waals surface area contributed by atoms with Gasteiger partial charge in [0.05, 0.1) is 5.56 Å². The molecule has 0 aliphatic heterocycles. The first-order valence-electron chi connectivity index (χ1n) is 4.97. The normalized spacial score (nSPS) is 9.81. The zero-order valence-electron chi connectivity index (χ0n) is 8.77. The van der Waals surface area contributed by atoms with Crippen LogP contribution in [0.4, 0.5) is 0 Å². The second-order valence-electron chi connectivity index (χ2n) is 3.28. The summed E-state index contributed by atoms with van der Waals surface area (Å²) in [6.07, 6.45) is 0.721. The first-order valence-corrected chi connectivity index (χ1v) is 4.97. The summed E-state index contributed by atoms with van der Waals surface area (Å²) in [5.41, 5.74) is 5.90. The molecule has 1 amide bonds. The Balaban J connectivity index is 2.59. The number of nitrogens with one attached hydrogen (secondary N) is 1. The van der Waals surface area contributed by atoms with E-state index in [0.717, 1.165) is 6.42 Å². The van der Waals surface area contributed by atoms with Crippen LogP contribution in [0.5, 0.6) is 0 Å². The maximum Gasteiger partial charge on any atom is 0.335 e. The third-order valence-electron chi connectivity index (χ3n) is 2.06. The summed E-state index contributed by atoms with van der Waals surface area (Å²) in [5, 5.41) is 11.4. The minimum absolute atomic E-state index is 0.165. The van der Waals surface area contributed by atoms with Crippen LogP contribution in [0.3, 0.4) is 0 Å². The van der Waals surface area contributed by atoms with Gasteiger partial charge in [0.1, 0.15) is 0 Å². The molecule has 0 atom stereocenters. The average Bonchev–Trinajstić information content (AvgIpc) is 2.29. The van der Waals surface area contributed by atoms with Crippen molar-refractivity contribution in [3.8, 4) is 0 Å². The van der Waals surface area contributed by atoms with E-state index >= 15 is 0 Å². The van der Waals surface area contributed by atoms with Gasteiger partial charge in [-0.2, -0.15) is 0 Å². The van der Waals surface area contributed by atoms with Gasteiger partial charge in [0.2, 0.25) is 0 Å². The lowest BCUT2D eigenvalue weighted by Gasteiger charge is -2.04. The van der Waals surface area contributed by atoms with Gasteiger partial charge in [0, 0.05) is 12.1 Å². The molecule has 0 aliphatic rings. The molecule has 86 valence electrons. The Morgan fingerprint density at radius 3 is 2.25 bits per heavy atom. The van der Waals surface area contributed by atoms with Gasteiger partial charge in [-0.05, 0) is 37.2 Å². The van der Waals surface area contributed by atoms with Crippen LogP contribution in [-0.4, -0.2) is 30.1 Å². The Bertz CT molecular complexity index is 373. The summed E-state index contributed by atoms with van der Waals surface area (Å²) >= 11 is 0. The standard InChI is InChI=1S/C11H14N2O3/c12-6-1-7-13-10(14)8-2-4-9(5-3-8)11(15)16/h2-5H,1,6-7,12H2,(H,13,14)(H,15,16). The van der Waals surface area contributed by atoms with E-state index in [2.05, 4.69) is 5.32 Å². The van der Waals surface area contributed by atoms with Crippen LogP contribution in [0, 0.1) is 0 Å². The average molecular weight is 222 g/mol. The fraction of sp³-hybridized carbons (Fsp3) is 0.273. The molecule has 1 aromatic carbocycles. The molecule has 0 radical (unpaired) electrons. The van der Waals surface area contributed by atoms with Crippen molar-refractivity contribution in [3.63, 3.8) is 0 Å². The van der Waals surface area contributed by atoms with Crippen molar-refractivity contribution in [1.82, 2.24) is 5.32 Å². The first-order chi connectivity index (χ1) is 7.65. The minimum atomic E-state index is -1.00. The molecule has 0 heterocycles. The molecule has 0 saturated carbocycles. The molecule has 5 heteroatoms. The van der Waals surface area contributed by atoms with E-state index in [9.17, 15) is 9.59 Å². The summed E-state index contributed by atoms with van der Waals surface area (Å²) in [4.78, 5) is 22.1. The molecule has 16 heavy (non-hydrogen) atoms. The van der Waals surface area contributed by atoms with Gasteiger partial charge in [0.15, 0.2) is 0 Å². The summed E-state index contributed by atoms with van der Waals surface area (Å²) in [5.74, 6) is -1.22. The van der Waals surface area contributed by atoms with Crippen LogP contribution in [0.2, 0.25) is 0 Å². The first kappa shape index (κ1) is 12.2.